The van der Waals surface area contributed by atoms with Crippen LogP contribution in [0.4, 0.5) is 5.82 Å². The molecule has 0 bridgehead atoms. The van der Waals surface area contributed by atoms with Crippen molar-refractivity contribution in [2.24, 2.45) is 7.05 Å². The van der Waals surface area contributed by atoms with Crippen molar-refractivity contribution in [3.8, 4) is 0 Å². The zero-order valence-electron chi connectivity index (χ0n) is 10.3. The number of aromatic nitrogens is 3. The van der Waals surface area contributed by atoms with Gasteiger partial charge in [-0.2, -0.15) is 0 Å². The quantitative estimate of drug-likeness (QED) is 0.652. The van der Waals surface area contributed by atoms with E-state index in [1.165, 1.54) is 22.7 Å². The van der Waals surface area contributed by atoms with E-state index < -0.39 is 0 Å². The summed E-state index contributed by atoms with van der Waals surface area (Å²) < 4.78 is 2.15. The maximum atomic E-state index is 4.80. The van der Waals surface area contributed by atoms with Crippen molar-refractivity contribution in [2.45, 2.75) is 6.42 Å². The molecule has 4 rings (SSSR count). The van der Waals surface area contributed by atoms with E-state index in [2.05, 4.69) is 33.6 Å². The van der Waals surface area contributed by atoms with Gasteiger partial charge in [-0.25, -0.2) is 4.98 Å². The van der Waals surface area contributed by atoms with E-state index in [0.717, 1.165) is 24.6 Å². The number of anilines is 1. The van der Waals surface area contributed by atoms with Crippen LogP contribution < -0.4 is 4.90 Å². The molecule has 4 heteroatoms. The predicted octanol–water partition coefficient (Wildman–Crippen LogP) is 2.33. The van der Waals surface area contributed by atoms with Crippen molar-refractivity contribution in [3.05, 3.63) is 30.6 Å². The Kier molecular flexibility index (Phi) is 1.89. The van der Waals surface area contributed by atoms with Crippen molar-refractivity contribution < 1.29 is 0 Å². The topological polar surface area (TPSA) is 34.0 Å². The number of aryl methyl sites for hydroxylation is 1. The Balaban J connectivity index is 2.03. The van der Waals surface area contributed by atoms with Gasteiger partial charge in [0.05, 0.1) is 5.52 Å². The molecule has 0 unspecified atom stereocenters. The molecule has 1 saturated heterocycles. The van der Waals surface area contributed by atoms with E-state index >= 15 is 0 Å². The summed E-state index contributed by atoms with van der Waals surface area (Å²) in [5, 5.41) is 2.36. The van der Waals surface area contributed by atoms with Gasteiger partial charge in [-0.15, -0.1) is 0 Å². The average Bonchev–Trinajstić information content (AvgIpc) is 2.62. The summed E-state index contributed by atoms with van der Waals surface area (Å²) in [6.07, 6.45) is 5.03. The first kappa shape index (κ1) is 9.88. The highest BCUT2D eigenvalue weighted by Crippen LogP contribution is 2.28. The van der Waals surface area contributed by atoms with E-state index in [-0.39, 0.29) is 0 Å². The number of hydrogen-bond donors (Lipinski definition) is 0. The fourth-order valence-electron chi connectivity index (χ4n) is 2.63. The van der Waals surface area contributed by atoms with Gasteiger partial charge >= 0.3 is 0 Å². The first-order valence-corrected chi connectivity index (χ1v) is 6.29. The molecule has 4 heterocycles. The van der Waals surface area contributed by atoms with E-state index in [1.807, 2.05) is 18.5 Å². The minimum Gasteiger partial charge on any atom is -0.356 e. The molecule has 0 aliphatic carbocycles. The molecule has 0 radical (unpaired) electrons. The maximum absolute atomic E-state index is 4.80. The monoisotopic (exact) mass is 238 g/mol. The van der Waals surface area contributed by atoms with Crippen molar-refractivity contribution in [1.29, 1.82) is 0 Å². The molecule has 0 saturated carbocycles. The van der Waals surface area contributed by atoms with Gasteiger partial charge in [-0.05, 0) is 24.6 Å². The highest BCUT2D eigenvalue weighted by atomic mass is 15.2. The van der Waals surface area contributed by atoms with E-state index in [0.29, 0.717) is 0 Å². The van der Waals surface area contributed by atoms with Crippen LogP contribution in [-0.2, 0) is 7.05 Å². The first-order valence-electron chi connectivity index (χ1n) is 6.29. The molecule has 3 aromatic rings. The van der Waals surface area contributed by atoms with Gasteiger partial charge in [0, 0.05) is 43.3 Å². The SMILES string of the molecule is Cn1c2ccncc2c2ccc(N3CCC3)nc21. The molecule has 0 N–H and O–H groups in total. The molecule has 0 aromatic carbocycles. The van der Waals surface area contributed by atoms with Crippen LogP contribution >= 0.6 is 0 Å². The second kappa shape index (κ2) is 3.45. The lowest BCUT2D eigenvalue weighted by molar-refractivity contribution is 0.610. The lowest BCUT2D eigenvalue weighted by atomic mass is 10.2. The molecule has 0 atom stereocenters. The first-order chi connectivity index (χ1) is 8.84. The van der Waals surface area contributed by atoms with Crippen LogP contribution in [0.25, 0.3) is 21.9 Å². The Morgan fingerprint density at radius 3 is 2.78 bits per heavy atom. The van der Waals surface area contributed by atoms with E-state index in [4.69, 9.17) is 4.98 Å². The Morgan fingerprint density at radius 1 is 1.11 bits per heavy atom. The molecular weight excluding hydrogens is 224 g/mol. The van der Waals surface area contributed by atoms with Crippen LogP contribution in [0, 0.1) is 0 Å². The summed E-state index contributed by atoms with van der Waals surface area (Å²) in [6, 6.07) is 6.33. The lowest BCUT2D eigenvalue weighted by Crippen LogP contribution is -2.37. The minimum absolute atomic E-state index is 1.04. The normalized spacial score (nSPS) is 15.3. The molecule has 90 valence electrons. The minimum atomic E-state index is 1.04. The Hall–Kier alpha value is -2.10. The van der Waals surface area contributed by atoms with Crippen molar-refractivity contribution >= 4 is 27.8 Å². The van der Waals surface area contributed by atoms with Crippen LogP contribution in [0.1, 0.15) is 6.42 Å². The molecule has 0 spiro atoms. The molecule has 4 nitrogen and oxygen atoms in total. The van der Waals surface area contributed by atoms with Gasteiger partial charge in [0.1, 0.15) is 11.5 Å². The summed E-state index contributed by atoms with van der Waals surface area (Å²) in [7, 11) is 2.07. The fraction of sp³-hybridized carbons (Fsp3) is 0.286. The summed E-state index contributed by atoms with van der Waals surface area (Å²) in [5.74, 6) is 1.09. The van der Waals surface area contributed by atoms with Gasteiger partial charge in [-0.1, -0.05) is 0 Å². The highest BCUT2D eigenvalue weighted by molar-refractivity contribution is 6.06. The molecule has 18 heavy (non-hydrogen) atoms. The zero-order valence-corrected chi connectivity index (χ0v) is 10.3. The molecule has 3 aromatic heterocycles. The summed E-state index contributed by atoms with van der Waals surface area (Å²) in [4.78, 5) is 11.3. The summed E-state index contributed by atoms with van der Waals surface area (Å²) in [6.45, 7) is 2.26. The van der Waals surface area contributed by atoms with Gasteiger partial charge < -0.3 is 9.47 Å². The smallest absolute Gasteiger partial charge is 0.143 e. The third-order valence-corrected chi connectivity index (χ3v) is 3.81. The van der Waals surface area contributed by atoms with Gasteiger partial charge in [0.25, 0.3) is 0 Å². The zero-order chi connectivity index (χ0) is 12.1. The average molecular weight is 238 g/mol. The second-order valence-electron chi connectivity index (χ2n) is 4.83. The van der Waals surface area contributed by atoms with Gasteiger partial charge in [0.2, 0.25) is 0 Å². The fourth-order valence-corrected chi connectivity index (χ4v) is 2.63. The maximum Gasteiger partial charge on any atom is 0.143 e. The van der Waals surface area contributed by atoms with Crippen LogP contribution in [-0.4, -0.2) is 27.6 Å². The number of nitrogens with zero attached hydrogens (tertiary/aromatic N) is 4. The van der Waals surface area contributed by atoms with Crippen LogP contribution in [0.15, 0.2) is 30.6 Å². The molecule has 0 amide bonds. The van der Waals surface area contributed by atoms with Gasteiger partial charge in [-0.3, -0.25) is 4.98 Å². The van der Waals surface area contributed by atoms with Crippen molar-refractivity contribution in [2.75, 3.05) is 18.0 Å². The Bertz CT molecular complexity index is 740. The van der Waals surface area contributed by atoms with Crippen LogP contribution in [0.3, 0.4) is 0 Å². The molecule has 1 aliphatic heterocycles. The Morgan fingerprint density at radius 2 is 2.00 bits per heavy atom. The predicted molar refractivity (Wildman–Crippen MR) is 72.8 cm³/mol. The summed E-state index contributed by atoms with van der Waals surface area (Å²) >= 11 is 0. The third kappa shape index (κ3) is 1.20. The van der Waals surface area contributed by atoms with Crippen LogP contribution in [0.2, 0.25) is 0 Å². The number of hydrogen-bond acceptors (Lipinski definition) is 3. The largest absolute Gasteiger partial charge is 0.356 e. The van der Waals surface area contributed by atoms with E-state index in [9.17, 15) is 0 Å². The van der Waals surface area contributed by atoms with Crippen molar-refractivity contribution in [3.63, 3.8) is 0 Å². The molecule has 1 fully saturated rings. The summed E-state index contributed by atoms with van der Waals surface area (Å²) in [5.41, 5.74) is 2.23. The molecular formula is C14H14N4. The third-order valence-electron chi connectivity index (χ3n) is 3.81. The number of pyridine rings is 2. The lowest BCUT2D eigenvalue weighted by Gasteiger charge is -2.31. The van der Waals surface area contributed by atoms with Crippen LogP contribution in [0.5, 0.6) is 0 Å². The molecule has 1 aliphatic rings. The van der Waals surface area contributed by atoms with Crippen molar-refractivity contribution in [1.82, 2.24) is 14.5 Å². The van der Waals surface area contributed by atoms with Gasteiger partial charge in [0.15, 0.2) is 0 Å². The number of rotatable bonds is 1. The highest BCUT2D eigenvalue weighted by Gasteiger charge is 2.17. The standard InChI is InChI=1S/C14H14N4/c1-17-12-5-6-15-9-11(12)10-3-4-13(16-14(10)17)18-7-2-8-18/h3-6,9H,2,7-8H2,1H3. The van der Waals surface area contributed by atoms with E-state index in [1.54, 1.807) is 0 Å². The second-order valence-corrected chi connectivity index (χ2v) is 4.83. The Labute approximate surface area is 105 Å². The number of fused-ring (bicyclic) bond motifs is 3.